The number of anilines is 1. The number of carbonyl (C=O) groups excluding carboxylic acids is 2. The fourth-order valence-corrected chi connectivity index (χ4v) is 4.15. The van der Waals surface area contributed by atoms with Crippen LogP contribution in [0.3, 0.4) is 0 Å². The van der Waals surface area contributed by atoms with Gasteiger partial charge in [0.05, 0.1) is 25.0 Å². The van der Waals surface area contributed by atoms with E-state index in [1.165, 1.54) is 4.57 Å². The lowest BCUT2D eigenvalue weighted by Gasteiger charge is -2.20. The molecule has 2 heterocycles. The first-order valence-corrected chi connectivity index (χ1v) is 13.0. The second kappa shape index (κ2) is 12.8. The molecule has 2 aliphatic rings. The van der Waals surface area contributed by atoms with Crippen molar-refractivity contribution in [2.24, 2.45) is 29.4 Å². The van der Waals surface area contributed by atoms with Crippen molar-refractivity contribution in [3.05, 3.63) is 93.2 Å². The maximum Gasteiger partial charge on any atom is 0.255 e. The Labute approximate surface area is 237 Å². The van der Waals surface area contributed by atoms with Crippen molar-refractivity contribution in [1.29, 1.82) is 0 Å². The Kier molecular flexibility index (Phi) is 8.95. The lowest BCUT2D eigenvalue weighted by Crippen LogP contribution is -2.33. The Balaban J connectivity index is 1.48. The lowest BCUT2D eigenvalue weighted by molar-refractivity contribution is -0.121. The van der Waals surface area contributed by atoms with Crippen molar-refractivity contribution >= 4 is 28.9 Å². The largest absolute Gasteiger partial charge is 0.494 e. The third kappa shape index (κ3) is 7.06. The van der Waals surface area contributed by atoms with Gasteiger partial charge >= 0.3 is 0 Å². The molecule has 8 N–H and O–H groups in total. The van der Waals surface area contributed by atoms with E-state index < -0.39 is 0 Å². The molecule has 0 bridgehead atoms. The molecule has 4 rings (SSSR count). The smallest absolute Gasteiger partial charge is 0.255 e. The Hall–Kier alpha value is -5.22. The van der Waals surface area contributed by atoms with Crippen molar-refractivity contribution in [2.75, 3.05) is 19.0 Å². The van der Waals surface area contributed by atoms with Gasteiger partial charge in [-0.15, -0.1) is 0 Å². The molecule has 1 aliphatic carbocycles. The number of aromatic nitrogens is 1. The molecule has 1 aromatic heterocycles. The topological polar surface area (TPSA) is 178 Å². The zero-order valence-electron chi connectivity index (χ0n) is 23.2. The molecule has 1 fully saturated rings. The number of nitrogens with one attached hydrogen (secondary N) is 4. The first-order valence-electron chi connectivity index (χ1n) is 13.0. The van der Waals surface area contributed by atoms with Gasteiger partial charge in [0.2, 0.25) is 5.91 Å². The minimum atomic E-state index is -0.157. The van der Waals surface area contributed by atoms with E-state index in [1.54, 1.807) is 51.7 Å². The van der Waals surface area contributed by atoms with E-state index in [-0.39, 0.29) is 42.0 Å². The second-order valence-corrected chi connectivity index (χ2v) is 9.73. The maximum atomic E-state index is 12.3. The quantitative estimate of drug-likeness (QED) is 0.174. The Morgan fingerprint density at radius 1 is 1.27 bits per heavy atom. The summed E-state index contributed by atoms with van der Waals surface area (Å²) in [7, 11) is 3.22. The van der Waals surface area contributed by atoms with E-state index >= 15 is 0 Å². The number of hydrogen-bond donors (Lipinski definition) is 6. The zero-order valence-corrected chi connectivity index (χ0v) is 23.2. The van der Waals surface area contributed by atoms with Gasteiger partial charge in [0.15, 0.2) is 17.5 Å². The molecule has 2 aromatic rings. The van der Waals surface area contributed by atoms with Gasteiger partial charge in [0.1, 0.15) is 11.6 Å². The van der Waals surface area contributed by atoms with Crippen LogP contribution in [0.2, 0.25) is 0 Å². The number of aryl methyl sites for hydroxylation is 1. The van der Waals surface area contributed by atoms with Gasteiger partial charge in [-0.25, -0.2) is 4.79 Å². The molecule has 12 nitrogen and oxygen atoms in total. The van der Waals surface area contributed by atoms with E-state index in [2.05, 4.69) is 26.3 Å². The number of allylic oxidation sites excluding steroid dienone is 2. The Bertz CT molecular complexity index is 1570. The standard InChI is InChI=1S/C29H34N8O4/c1-17(30)23(12-25(31)36-28(39)18-9-10-18)35-22-8-4-7-21(26(22)41-3)20-14-33-27(34-15-20)24(16-38)32-13-19-6-5-11-37(2)29(19)40/h4-8,11-12,14,18,32,35H,9-10,13,15,30-31H2,1-3H3,(H,33,34)(H,36,39)/b23-17+,25-12+. The summed E-state index contributed by atoms with van der Waals surface area (Å²) >= 11 is 0. The average molecular weight is 559 g/mol. The van der Waals surface area contributed by atoms with Gasteiger partial charge in [0, 0.05) is 60.4 Å². The summed E-state index contributed by atoms with van der Waals surface area (Å²) in [6.45, 7) is 2.12. The molecule has 41 heavy (non-hydrogen) atoms. The van der Waals surface area contributed by atoms with Crippen LogP contribution in [-0.2, 0) is 23.2 Å². The lowest BCUT2D eigenvalue weighted by atomic mass is 10.0. The summed E-state index contributed by atoms with van der Waals surface area (Å²) in [5.74, 6) is 2.81. The predicted octanol–water partition coefficient (Wildman–Crippen LogP) is 1.17. The summed E-state index contributed by atoms with van der Waals surface area (Å²) in [6, 6.07) is 9.02. The van der Waals surface area contributed by atoms with Crippen molar-refractivity contribution in [3.63, 3.8) is 0 Å². The van der Waals surface area contributed by atoms with Crippen LogP contribution in [0.4, 0.5) is 5.69 Å². The third-order valence-corrected chi connectivity index (χ3v) is 6.56. The van der Waals surface area contributed by atoms with Crippen LogP contribution in [0, 0.1) is 5.92 Å². The summed E-state index contributed by atoms with van der Waals surface area (Å²) in [4.78, 5) is 40.5. The van der Waals surface area contributed by atoms with Crippen LogP contribution in [0.1, 0.15) is 30.9 Å². The van der Waals surface area contributed by atoms with Crippen molar-refractivity contribution in [3.8, 4) is 5.75 Å². The molecule has 0 spiro atoms. The van der Waals surface area contributed by atoms with Crippen LogP contribution in [-0.4, -0.2) is 35.9 Å². The van der Waals surface area contributed by atoms with Crippen LogP contribution in [0.5, 0.6) is 5.75 Å². The number of amides is 1. The minimum absolute atomic E-state index is 0.0189. The molecule has 1 amide bonds. The number of nitrogens with zero attached hydrogens (tertiary/aromatic N) is 2. The van der Waals surface area contributed by atoms with Gasteiger partial charge in [-0.1, -0.05) is 18.2 Å². The number of methoxy groups -OCH3 is 1. The molecule has 1 aromatic carbocycles. The molecule has 0 radical (unpaired) electrons. The van der Waals surface area contributed by atoms with E-state index in [0.717, 1.165) is 24.0 Å². The Morgan fingerprint density at radius 2 is 2.05 bits per heavy atom. The molecule has 0 unspecified atom stereocenters. The summed E-state index contributed by atoms with van der Waals surface area (Å²) in [5, 5.41) is 11.9. The summed E-state index contributed by atoms with van der Waals surface area (Å²) in [5.41, 5.74) is 15.8. The predicted molar refractivity (Wildman–Crippen MR) is 158 cm³/mol. The van der Waals surface area contributed by atoms with Crippen molar-refractivity contribution in [1.82, 2.24) is 20.5 Å². The number of ether oxygens (including phenoxy) is 1. The number of benzene rings is 1. The number of para-hydroxylation sites is 1. The highest BCUT2D eigenvalue weighted by molar-refractivity contribution is 6.06. The number of carbonyl (C=O) groups is 1. The van der Waals surface area contributed by atoms with Crippen LogP contribution in [0.15, 0.2) is 81.5 Å². The summed E-state index contributed by atoms with van der Waals surface area (Å²) < 4.78 is 7.21. The SMILES string of the molecule is COc1c(NC(/C=C(\N)NC(=O)C2CC2)=C(\C)N)cccc1C1=CNC(C(=C=O)NCc2cccn(C)c2=O)=NC1. The monoisotopic (exact) mass is 558 g/mol. The molecule has 0 atom stereocenters. The van der Waals surface area contributed by atoms with Crippen molar-refractivity contribution < 1.29 is 14.3 Å². The van der Waals surface area contributed by atoms with Gasteiger partial charge < -0.3 is 42.0 Å². The molecular weight excluding hydrogens is 524 g/mol. The van der Waals surface area contributed by atoms with E-state index in [4.69, 9.17) is 16.2 Å². The molecule has 12 heteroatoms. The number of hydrogen-bond acceptors (Lipinski definition) is 10. The molecule has 1 saturated carbocycles. The van der Waals surface area contributed by atoms with Crippen LogP contribution < -0.4 is 43.0 Å². The molecular formula is C29H34N8O4. The number of aliphatic imine (C=N–C) groups is 1. The van der Waals surface area contributed by atoms with E-state index in [0.29, 0.717) is 34.2 Å². The highest BCUT2D eigenvalue weighted by atomic mass is 16.5. The highest BCUT2D eigenvalue weighted by Crippen LogP contribution is 2.35. The van der Waals surface area contributed by atoms with Gasteiger partial charge in [-0.05, 0) is 31.9 Å². The molecule has 1 aliphatic heterocycles. The molecule has 214 valence electrons. The van der Waals surface area contributed by atoms with Gasteiger partial charge in [-0.2, -0.15) is 0 Å². The number of rotatable bonds is 11. The van der Waals surface area contributed by atoms with Crippen LogP contribution >= 0.6 is 0 Å². The molecule has 0 saturated heterocycles. The fraction of sp³-hybridized carbons (Fsp3) is 0.276. The summed E-state index contributed by atoms with van der Waals surface area (Å²) in [6.07, 6.45) is 6.71. The average Bonchev–Trinajstić information content (AvgIpc) is 3.81. The number of pyridine rings is 1. The Morgan fingerprint density at radius 3 is 2.68 bits per heavy atom. The van der Waals surface area contributed by atoms with Crippen LogP contribution in [0.25, 0.3) is 5.57 Å². The van der Waals surface area contributed by atoms with E-state index in [9.17, 15) is 14.4 Å². The van der Waals surface area contributed by atoms with E-state index in [1.807, 2.05) is 24.1 Å². The van der Waals surface area contributed by atoms with Gasteiger partial charge in [0.25, 0.3) is 5.56 Å². The number of nitrogens with two attached hydrogens (primary N) is 2. The minimum Gasteiger partial charge on any atom is -0.494 e. The first kappa shape index (κ1) is 28.8. The highest BCUT2D eigenvalue weighted by Gasteiger charge is 2.29. The normalized spacial score (nSPS) is 15.3. The third-order valence-electron chi connectivity index (χ3n) is 6.56. The fourth-order valence-electron chi connectivity index (χ4n) is 4.15. The maximum absolute atomic E-state index is 12.3. The second-order valence-electron chi connectivity index (χ2n) is 9.73. The van der Waals surface area contributed by atoms with Gasteiger partial charge in [-0.3, -0.25) is 14.6 Å². The zero-order chi connectivity index (χ0) is 29.5. The first-order chi connectivity index (χ1) is 19.7. The number of amidine groups is 1. The van der Waals surface area contributed by atoms with Crippen molar-refractivity contribution in [2.45, 2.75) is 26.3 Å².